The molecule has 0 radical (unpaired) electrons. The predicted octanol–water partition coefficient (Wildman–Crippen LogP) is 0.779. The summed E-state index contributed by atoms with van der Waals surface area (Å²) in [7, 11) is 0. The molecule has 3 atom stereocenters. The lowest BCUT2D eigenvalue weighted by Crippen LogP contribution is -2.53. The van der Waals surface area contributed by atoms with E-state index >= 15 is 0 Å². The van der Waals surface area contributed by atoms with Crippen LogP contribution < -0.4 is 21.3 Å². The number of hydrogen-bond acceptors (Lipinski definition) is 5. The number of rotatable bonds is 6. The highest BCUT2D eigenvalue weighted by Crippen LogP contribution is 2.18. The summed E-state index contributed by atoms with van der Waals surface area (Å²) < 4.78 is 1.49. The van der Waals surface area contributed by atoms with E-state index in [1.54, 1.807) is 13.0 Å². The minimum atomic E-state index is -0.765. The molecule has 9 nitrogen and oxygen atoms in total. The Labute approximate surface area is 153 Å². The predicted molar refractivity (Wildman–Crippen MR) is 97.1 cm³/mol. The maximum atomic E-state index is 12.2. The van der Waals surface area contributed by atoms with E-state index in [2.05, 4.69) is 33.3 Å². The van der Waals surface area contributed by atoms with Crippen molar-refractivity contribution in [2.45, 2.75) is 71.8 Å². The molecular formula is C17H28N6O3. The van der Waals surface area contributed by atoms with Gasteiger partial charge in [0.25, 0.3) is 0 Å². The van der Waals surface area contributed by atoms with E-state index in [-0.39, 0.29) is 18.0 Å². The fraction of sp³-hybridized carbons (Fsp3) is 0.647. The van der Waals surface area contributed by atoms with Gasteiger partial charge in [0.1, 0.15) is 5.82 Å². The number of nitrogens with zero attached hydrogens (tertiary/aromatic N) is 2. The molecule has 1 saturated heterocycles. The van der Waals surface area contributed by atoms with E-state index < -0.39 is 18.1 Å². The van der Waals surface area contributed by atoms with Gasteiger partial charge in [0, 0.05) is 24.6 Å². The highest BCUT2D eigenvalue weighted by atomic mass is 16.2. The van der Waals surface area contributed by atoms with Crippen LogP contribution in [-0.4, -0.2) is 39.6 Å². The van der Waals surface area contributed by atoms with Crippen molar-refractivity contribution in [2.24, 2.45) is 0 Å². The molecule has 3 unspecified atom stereocenters. The Morgan fingerprint density at radius 3 is 2.77 bits per heavy atom. The van der Waals surface area contributed by atoms with Crippen LogP contribution >= 0.6 is 0 Å². The number of anilines is 1. The van der Waals surface area contributed by atoms with Crippen molar-refractivity contribution in [3.8, 4) is 0 Å². The molecule has 3 amide bonds. The van der Waals surface area contributed by atoms with Crippen LogP contribution in [0.3, 0.4) is 0 Å². The lowest BCUT2D eigenvalue weighted by atomic mass is 10.1. The van der Waals surface area contributed by atoms with E-state index in [0.717, 1.165) is 19.3 Å². The number of carbonyl (C=O) groups excluding carboxylic acids is 3. The number of hydrogen-bond donors (Lipinski definition) is 4. The van der Waals surface area contributed by atoms with E-state index in [1.807, 2.05) is 13.8 Å². The minimum Gasteiger partial charge on any atom is -0.345 e. The van der Waals surface area contributed by atoms with Gasteiger partial charge < -0.3 is 16.0 Å². The maximum Gasteiger partial charge on any atom is 0.314 e. The standard InChI is InChI=1S/C17H28N6O3/c1-5-7-12-9-14(24)21-17(19-12)23-13(8-11(4)22-23)20-16(26)15(25)18-10(3)6-2/h8,10,12,17,19H,5-7,9H2,1-4H3,(H,18,25)(H,20,26)(H,21,24). The van der Waals surface area contributed by atoms with E-state index in [0.29, 0.717) is 17.9 Å². The largest absolute Gasteiger partial charge is 0.345 e. The normalized spacial score (nSPS) is 21.0. The first-order valence-electron chi connectivity index (χ1n) is 9.07. The van der Waals surface area contributed by atoms with Gasteiger partial charge >= 0.3 is 11.8 Å². The quantitative estimate of drug-likeness (QED) is 0.557. The van der Waals surface area contributed by atoms with Gasteiger partial charge in [-0.3, -0.25) is 19.7 Å². The number of aryl methyl sites for hydroxylation is 1. The second kappa shape index (κ2) is 8.79. The maximum absolute atomic E-state index is 12.2. The zero-order valence-corrected chi connectivity index (χ0v) is 15.8. The Balaban J connectivity index is 2.13. The lowest BCUT2D eigenvalue weighted by molar-refractivity contribution is -0.136. The van der Waals surface area contributed by atoms with Crippen molar-refractivity contribution in [3.05, 3.63) is 11.8 Å². The van der Waals surface area contributed by atoms with Crippen LogP contribution in [0.15, 0.2) is 6.07 Å². The Morgan fingerprint density at radius 2 is 2.12 bits per heavy atom. The number of amides is 3. The summed E-state index contributed by atoms with van der Waals surface area (Å²) in [5.74, 6) is -1.19. The van der Waals surface area contributed by atoms with Crippen molar-refractivity contribution in [1.29, 1.82) is 0 Å². The van der Waals surface area contributed by atoms with Gasteiger partial charge in [-0.15, -0.1) is 0 Å². The van der Waals surface area contributed by atoms with Crippen molar-refractivity contribution in [1.82, 2.24) is 25.7 Å². The molecule has 9 heteroatoms. The molecule has 0 spiro atoms. The van der Waals surface area contributed by atoms with Crippen LogP contribution in [-0.2, 0) is 14.4 Å². The summed E-state index contributed by atoms with van der Waals surface area (Å²) in [6.45, 7) is 7.59. The average molecular weight is 364 g/mol. The molecule has 144 valence electrons. The zero-order chi connectivity index (χ0) is 19.3. The molecule has 2 heterocycles. The minimum absolute atomic E-state index is 0.0421. The van der Waals surface area contributed by atoms with E-state index in [1.165, 1.54) is 4.68 Å². The molecule has 0 saturated carbocycles. The molecule has 0 bridgehead atoms. The third-order valence-electron chi connectivity index (χ3n) is 4.30. The topological polar surface area (TPSA) is 117 Å². The fourth-order valence-corrected chi connectivity index (χ4v) is 2.80. The van der Waals surface area contributed by atoms with Crippen LogP contribution in [0.2, 0.25) is 0 Å². The monoisotopic (exact) mass is 364 g/mol. The first-order chi connectivity index (χ1) is 12.3. The second-order valence-electron chi connectivity index (χ2n) is 6.68. The molecule has 0 aromatic carbocycles. The van der Waals surface area contributed by atoms with Gasteiger partial charge in [0.15, 0.2) is 6.29 Å². The SMILES string of the molecule is CCCC1CC(=O)NC(n2nc(C)cc2NC(=O)C(=O)NC(C)CC)N1. The number of nitrogens with one attached hydrogen (secondary N) is 4. The molecule has 1 aromatic heterocycles. The smallest absolute Gasteiger partial charge is 0.314 e. The van der Waals surface area contributed by atoms with Gasteiger partial charge in [-0.2, -0.15) is 5.10 Å². The van der Waals surface area contributed by atoms with Gasteiger partial charge in [-0.25, -0.2) is 4.68 Å². The summed E-state index contributed by atoms with van der Waals surface area (Å²) in [5.41, 5.74) is 0.663. The molecular weight excluding hydrogens is 336 g/mol. The number of carbonyl (C=O) groups is 3. The van der Waals surface area contributed by atoms with Crippen LogP contribution in [0, 0.1) is 6.92 Å². The number of aromatic nitrogens is 2. The third-order valence-corrected chi connectivity index (χ3v) is 4.30. The highest BCUT2D eigenvalue weighted by Gasteiger charge is 2.29. The third kappa shape index (κ3) is 5.04. The Bertz CT molecular complexity index is 671. The van der Waals surface area contributed by atoms with Gasteiger partial charge in [-0.1, -0.05) is 20.3 Å². The molecule has 1 fully saturated rings. The molecule has 2 rings (SSSR count). The van der Waals surface area contributed by atoms with Crippen molar-refractivity contribution in [3.63, 3.8) is 0 Å². The summed E-state index contributed by atoms with van der Waals surface area (Å²) in [4.78, 5) is 36.1. The molecule has 0 aliphatic carbocycles. The molecule has 1 aliphatic rings. The first-order valence-corrected chi connectivity index (χ1v) is 9.07. The van der Waals surface area contributed by atoms with Crippen LogP contribution in [0.25, 0.3) is 0 Å². The lowest BCUT2D eigenvalue weighted by Gasteiger charge is -2.32. The summed E-state index contributed by atoms with van der Waals surface area (Å²) in [6.07, 6.45) is 2.38. The zero-order valence-electron chi connectivity index (χ0n) is 15.8. The van der Waals surface area contributed by atoms with Crippen molar-refractivity contribution >= 4 is 23.5 Å². The average Bonchev–Trinajstić information content (AvgIpc) is 2.94. The first kappa shape index (κ1) is 19.9. The summed E-state index contributed by atoms with van der Waals surface area (Å²) in [6, 6.07) is 1.61. The molecule has 1 aromatic rings. The van der Waals surface area contributed by atoms with Gasteiger partial charge in [0.2, 0.25) is 5.91 Å². The summed E-state index contributed by atoms with van der Waals surface area (Å²) >= 11 is 0. The molecule has 26 heavy (non-hydrogen) atoms. The Morgan fingerprint density at radius 1 is 1.38 bits per heavy atom. The van der Waals surface area contributed by atoms with E-state index in [4.69, 9.17) is 0 Å². The highest BCUT2D eigenvalue weighted by molar-refractivity contribution is 6.39. The van der Waals surface area contributed by atoms with Crippen molar-refractivity contribution in [2.75, 3.05) is 5.32 Å². The Hall–Kier alpha value is -2.42. The van der Waals surface area contributed by atoms with Crippen molar-refractivity contribution < 1.29 is 14.4 Å². The van der Waals surface area contributed by atoms with Crippen LogP contribution in [0.1, 0.15) is 58.4 Å². The summed E-state index contributed by atoms with van der Waals surface area (Å²) in [5, 5.41) is 15.7. The van der Waals surface area contributed by atoms with Crippen LogP contribution in [0.4, 0.5) is 5.82 Å². The fourth-order valence-electron chi connectivity index (χ4n) is 2.80. The van der Waals surface area contributed by atoms with Crippen LogP contribution in [0.5, 0.6) is 0 Å². The second-order valence-corrected chi connectivity index (χ2v) is 6.68. The molecule has 1 aliphatic heterocycles. The Kier molecular flexibility index (Phi) is 6.73. The van der Waals surface area contributed by atoms with Gasteiger partial charge in [0.05, 0.1) is 5.69 Å². The van der Waals surface area contributed by atoms with E-state index in [9.17, 15) is 14.4 Å². The van der Waals surface area contributed by atoms with Gasteiger partial charge in [-0.05, 0) is 26.7 Å². The molecule has 4 N–H and O–H groups in total.